The molecule has 4 nitrogen and oxygen atoms in total. The zero-order chi connectivity index (χ0) is 24.8. The normalized spacial score (nSPS) is 25.3. The second kappa shape index (κ2) is 8.75. The molecule has 0 unspecified atom stereocenters. The Labute approximate surface area is 198 Å². The average molecular weight is 465 g/mol. The second-order valence-electron chi connectivity index (χ2n) is 10.8. The Kier molecular flexibility index (Phi) is 6.69. The molecule has 176 valence electrons. The van der Waals surface area contributed by atoms with Crippen molar-refractivity contribution in [1.82, 2.24) is 0 Å². The fraction of sp³-hybridized carbons (Fsp3) is 0.500. The summed E-state index contributed by atoms with van der Waals surface area (Å²) in [5.41, 5.74) is 2.29. The van der Waals surface area contributed by atoms with Crippen LogP contribution in [0.3, 0.4) is 0 Å². The van der Waals surface area contributed by atoms with E-state index in [1.54, 1.807) is 0 Å². The van der Waals surface area contributed by atoms with Gasteiger partial charge < -0.3 is 0 Å². The molecule has 2 aliphatic rings. The average Bonchev–Trinajstić information content (AvgIpc) is 3.28. The van der Waals surface area contributed by atoms with E-state index in [2.05, 4.69) is 37.5 Å². The first-order valence-electron chi connectivity index (χ1n) is 11.8. The zero-order valence-corrected chi connectivity index (χ0v) is 21.8. The fourth-order valence-electron chi connectivity index (χ4n) is 6.14. The number of allylic oxidation sites excluding steroid dienone is 2. The van der Waals surface area contributed by atoms with Crippen molar-refractivity contribution in [3.05, 3.63) is 53.8 Å². The molecule has 0 bridgehead atoms. The highest BCUT2D eigenvalue weighted by molar-refractivity contribution is 6.94. The summed E-state index contributed by atoms with van der Waals surface area (Å²) in [7, 11) is -2.02. The highest BCUT2D eigenvalue weighted by Gasteiger charge is 2.56. The van der Waals surface area contributed by atoms with Gasteiger partial charge in [-0.2, -0.15) is 0 Å². The first-order valence-corrected chi connectivity index (χ1v) is 14.8. The van der Waals surface area contributed by atoms with E-state index in [0.717, 1.165) is 11.1 Å². The maximum absolute atomic E-state index is 12.8. The fourth-order valence-corrected chi connectivity index (χ4v) is 8.60. The monoisotopic (exact) mass is 464 g/mol. The van der Waals surface area contributed by atoms with Gasteiger partial charge in [0.05, 0.1) is 10.8 Å². The predicted octanol–water partition coefficient (Wildman–Crippen LogP) is 4.77. The number of hydrogen-bond donors (Lipinski definition) is 0. The summed E-state index contributed by atoms with van der Waals surface area (Å²) in [4.78, 5) is 50.8. The number of hydrogen-bond acceptors (Lipinski definition) is 4. The van der Waals surface area contributed by atoms with Gasteiger partial charge in [0.2, 0.25) is 0 Å². The largest absolute Gasteiger partial charge is 0.299 e. The van der Waals surface area contributed by atoms with Crippen molar-refractivity contribution in [2.24, 2.45) is 22.7 Å². The topological polar surface area (TPSA) is 68.3 Å². The van der Waals surface area contributed by atoms with Crippen LogP contribution in [0.4, 0.5) is 0 Å². The molecule has 0 amide bonds. The van der Waals surface area contributed by atoms with Gasteiger partial charge in [-0.3, -0.25) is 19.2 Å². The van der Waals surface area contributed by atoms with Gasteiger partial charge in [0.15, 0.2) is 0 Å². The van der Waals surface area contributed by atoms with E-state index in [4.69, 9.17) is 0 Å². The molecule has 0 saturated heterocycles. The van der Waals surface area contributed by atoms with Crippen LogP contribution in [0.25, 0.3) is 0 Å². The lowest BCUT2D eigenvalue weighted by atomic mass is 9.74. The molecule has 2 aliphatic carbocycles. The molecular weight excluding hydrogens is 428 g/mol. The lowest BCUT2D eigenvalue weighted by Crippen LogP contribution is -2.40. The summed E-state index contributed by atoms with van der Waals surface area (Å²) in [6.07, 6.45) is 1.62. The number of Topliss-reactive ketones (excluding diaryl/α,β-unsaturated/α-hetero) is 4. The maximum atomic E-state index is 12.8. The van der Waals surface area contributed by atoms with Crippen molar-refractivity contribution < 1.29 is 19.2 Å². The molecule has 5 heteroatoms. The summed E-state index contributed by atoms with van der Waals surface area (Å²) in [5, 5.41) is 1.28. The van der Waals surface area contributed by atoms with E-state index in [1.807, 2.05) is 18.2 Å². The standard InChI is InChI=1S/C28H36O4Si/c1-18-13-27(19(2)29,20(3)30)15-25(18)26-16-28(21(4)31,22(5)32)14-23(26)17-33(6,7)24-11-9-8-10-12-24/h8-12,17,25-26H,1,13-16H2,2-7H3/b23-17-/t25-,26-/m0/s1. The Morgan fingerprint density at radius 1 is 0.818 bits per heavy atom. The van der Waals surface area contributed by atoms with Crippen molar-refractivity contribution in [1.29, 1.82) is 0 Å². The van der Waals surface area contributed by atoms with Crippen LogP contribution in [0, 0.1) is 22.7 Å². The first kappa shape index (κ1) is 25.2. The van der Waals surface area contributed by atoms with Crippen molar-refractivity contribution in [3.63, 3.8) is 0 Å². The molecular formula is C28H36O4Si. The van der Waals surface area contributed by atoms with Crippen molar-refractivity contribution in [3.8, 4) is 0 Å². The molecule has 2 atom stereocenters. The Morgan fingerprint density at radius 3 is 1.73 bits per heavy atom. The molecule has 3 rings (SSSR count). The summed E-state index contributed by atoms with van der Waals surface area (Å²) in [6, 6.07) is 10.4. The molecule has 0 heterocycles. The van der Waals surface area contributed by atoms with E-state index < -0.39 is 18.9 Å². The Morgan fingerprint density at radius 2 is 1.27 bits per heavy atom. The van der Waals surface area contributed by atoms with Gasteiger partial charge in [-0.05, 0) is 65.2 Å². The molecule has 2 saturated carbocycles. The molecule has 0 spiro atoms. The maximum Gasteiger partial charge on any atom is 0.143 e. The Balaban J connectivity index is 2.11. The van der Waals surface area contributed by atoms with Crippen LogP contribution >= 0.6 is 0 Å². The van der Waals surface area contributed by atoms with E-state index in [1.165, 1.54) is 32.9 Å². The molecule has 0 aliphatic heterocycles. The first-order chi connectivity index (χ1) is 15.3. The zero-order valence-electron chi connectivity index (χ0n) is 20.8. The third kappa shape index (κ3) is 4.28. The van der Waals surface area contributed by atoms with Crippen LogP contribution in [0.2, 0.25) is 13.1 Å². The van der Waals surface area contributed by atoms with Gasteiger partial charge in [0, 0.05) is 0 Å². The van der Waals surface area contributed by atoms with E-state index in [0.29, 0.717) is 25.7 Å². The van der Waals surface area contributed by atoms with Gasteiger partial charge in [-0.15, -0.1) is 0 Å². The highest BCUT2D eigenvalue weighted by atomic mass is 28.3. The number of carbonyl (C=O) groups excluding carboxylic acids is 4. The molecule has 33 heavy (non-hydrogen) atoms. The van der Waals surface area contributed by atoms with Crippen LogP contribution in [-0.2, 0) is 19.2 Å². The smallest absolute Gasteiger partial charge is 0.143 e. The molecule has 1 aromatic carbocycles. The van der Waals surface area contributed by atoms with Crippen LogP contribution < -0.4 is 5.19 Å². The molecule has 0 aromatic heterocycles. The molecule has 0 radical (unpaired) electrons. The molecule has 0 N–H and O–H groups in total. The van der Waals surface area contributed by atoms with Gasteiger partial charge in [-0.25, -0.2) is 0 Å². The van der Waals surface area contributed by atoms with Crippen molar-refractivity contribution in [2.45, 2.75) is 66.5 Å². The number of rotatable bonds is 7. The van der Waals surface area contributed by atoms with E-state index in [-0.39, 0.29) is 35.0 Å². The molecule has 2 fully saturated rings. The van der Waals surface area contributed by atoms with Crippen molar-refractivity contribution >= 4 is 36.4 Å². The van der Waals surface area contributed by atoms with Crippen LogP contribution in [0.1, 0.15) is 53.4 Å². The number of benzene rings is 1. The highest BCUT2D eigenvalue weighted by Crippen LogP contribution is 2.57. The van der Waals surface area contributed by atoms with E-state index in [9.17, 15) is 19.2 Å². The summed E-state index contributed by atoms with van der Waals surface area (Å²) < 4.78 is 0. The Hall–Kier alpha value is -2.40. The minimum Gasteiger partial charge on any atom is -0.299 e. The number of carbonyl (C=O) groups is 4. The van der Waals surface area contributed by atoms with Gasteiger partial charge in [0.1, 0.15) is 31.2 Å². The SMILES string of the molecule is C=C1CC(C(C)=O)(C(C)=O)C[C@@H]1[C@H]1CC(C(C)=O)(C(C)=O)C/C1=C/[Si](C)(C)c1ccccc1. The molecule has 1 aromatic rings. The lowest BCUT2D eigenvalue weighted by Gasteiger charge is -2.27. The second-order valence-corrected chi connectivity index (χ2v) is 15.1. The van der Waals surface area contributed by atoms with Crippen molar-refractivity contribution in [2.75, 3.05) is 0 Å². The summed E-state index contributed by atoms with van der Waals surface area (Å²) in [5.74, 6) is -0.603. The lowest BCUT2D eigenvalue weighted by molar-refractivity contribution is -0.140. The quantitative estimate of drug-likeness (QED) is 0.331. The summed E-state index contributed by atoms with van der Waals surface area (Å²) in [6.45, 7) is 14.8. The minimum atomic E-state index is -2.02. The van der Waals surface area contributed by atoms with Crippen LogP contribution in [0.5, 0.6) is 0 Å². The predicted molar refractivity (Wildman–Crippen MR) is 134 cm³/mol. The van der Waals surface area contributed by atoms with E-state index >= 15 is 0 Å². The minimum absolute atomic E-state index is 0.0682. The third-order valence-electron chi connectivity index (χ3n) is 8.42. The van der Waals surface area contributed by atoms with Crippen LogP contribution in [-0.4, -0.2) is 31.2 Å². The van der Waals surface area contributed by atoms with Gasteiger partial charge >= 0.3 is 0 Å². The summed E-state index contributed by atoms with van der Waals surface area (Å²) >= 11 is 0. The van der Waals surface area contributed by atoms with Gasteiger partial charge in [0.25, 0.3) is 0 Å². The van der Waals surface area contributed by atoms with Crippen LogP contribution in [0.15, 0.2) is 53.8 Å². The Bertz CT molecular complexity index is 1020. The number of ketones is 4. The van der Waals surface area contributed by atoms with Gasteiger partial charge in [-0.1, -0.05) is 72.0 Å². The third-order valence-corrected chi connectivity index (χ3v) is 11.3.